The average Bonchev–Trinajstić information content (AvgIpc) is 3.84. The molecule has 326 valence electrons. The van der Waals surface area contributed by atoms with Gasteiger partial charge in [-0.1, -0.05) is 24.3 Å². The highest BCUT2D eigenvalue weighted by Gasteiger charge is 2.42. The number of para-hydroxylation sites is 4. The molecule has 0 amide bonds. The molecule has 4 aliphatic heterocycles. The Bertz CT molecular complexity index is 3330. The molecule has 10 heterocycles. The molecule has 2 aromatic carbocycles. The zero-order valence-corrected chi connectivity index (χ0v) is 35.2. The van der Waals surface area contributed by atoms with Gasteiger partial charge in [-0.05, 0) is 73.6 Å². The quantitative estimate of drug-likeness (QED) is 0.168. The Morgan fingerprint density at radius 3 is 1.72 bits per heavy atom. The summed E-state index contributed by atoms with van der Waals surface area (Å²) in [5.74, 6) is 2.65. The largest absolute Gasteiger partial charge is 0.477 e. The van der Waals surface area contributed by atoms with Crippen molar-refractivity contribution in [3.63, 3.8) is 0 Å². The maximum Gasteiger partial charge on any atom is 0.345 e. The molecule has 8 aromatic rings. The Hall–Kier alpha value is -6.92. The molecule has 1 saturated carbocycles. The van der Waals surface area contributed by atoms with Crippen molar-refractivity contribution in [1.29, 1.82) is 0 Å². The summed E-state index contributed by atoms with van der Waals surface area (Å²) in [7, 11) is 0. The molecule has 6 aromatic heterocycles. The number of carbonyl (C=O) groups excluding carboxylic acids is 1. The molecule has 64 heavy (non-hydrogen) atoms. The third kappa shape index (κ3) is 6.21. The number of benzene rings is 2. The Kier molecular flexibility index (Phi) is 8.98. The molecule has 4 saturated heterocycles. The fourth-order valence-corrected chi connectivity index (χ4v) is 10.8. The minimum absolute atomic E-state index is 0.0244. The van der Waals surface area contributed by atoms with Crippen molar-refractivity contribution in [2.24, 2.45) is 29.6 Å². The Morgan fingerprint density at radius 2 is 1.20 bits per heavy atom. The van der Waals surface area contributed by atoms with Crippen molar-refractivity contribution in [3.05, 3.63) is 92.5 Å². The number of aromatic amines is 2. The maximum absolute atomic E-state index is 13.3. The fourth-order valence-electron chi connectivity index (χ4n) is 10.8. The van der Waals surface area contributed by atoms with Gasteiger partial charge in [0.25, 0.3) is 0 Å². The van der Waals surface area contributed by atoms with Gasteiger partial charge in [-0.25, -0.2) is 19.6 Å². The van der Waals surface area contributed by atoms with Crippen molar-refractivity contribution >= 4 is 79.3 Å². The number of carboxylic acid groups (broad SMARTS) is 1. The molecular formula is C46H46N12O6. The zero-order valence-electron chi connectivity index (χ0n) is 35.2. The number of likely N-dealkylation sites (tertiary alicyclic amines) is 1. The normalized spacial score (nSPS) is 22.0. The molecule has 18 nitrogen and oxygen atoms in total. The topological polar surface area (TPSA) is 211 Å². The minimum atomic E-state index is -1.27. The first kappa shape index (κ1) is 38.7. The van der Waals surface area contributed by atoms with Crippen LogP contribution in [-0.4, -0.2) is 126 Å². The maximum atomic E-state index is 13.3. The highest BCUT2D eigenvalue weighted by Crippen LogP contribution is 2.37. The molecule has 1 aliphatic carbocycles. The lowest BCUT2D eigenvalue weighted by Gasteiger charge is -2.21. The van der Waals surface area contributed by atoms with E-state index in [1.807, 2.05) is 52.9 Å². The number of anilines is 2. The van der Waals surface area contributed by atoms with Gasteiger partial charge in [-0.15, -0.1) is 0 Å². The molecule has 0 radical (unpaired) electrons. The lowest BCUT2D eigenvalue weighted by atomic mass is 10.0. The molecule has 0 spiro atoms. The first-order chi connectivity index (χ1) is 31.2. The van der Waals surface area contributed by atoms with Crippen molar-refractivity contribution in [1.82, 2.24) is 48.9 Å². The minimum Gasteiger partial charge on any atom is -0.477 e. The SMILES string of the molecule is CCOC(=O)c1c(=O)c2cnc(N3CC4CNCC4C3)nc2n2c1[nH]c1ccccc12.O=C(O)c1c(=O)c2cnc(N3CC4CN(CC5CC5)CC4C3)nc2n2c1[nH]c1ccccc12. The third-order valence-electron chi connectivity index (χ3n) is 14.0. The molecule has 18 heteroatoms. The van der Waals surface area contributed by atoms with E-state index in [-0.39, 0.29) is 28.8 Å². The van der Waals surface area contributed by atoms with Crippen LogP contribution in [0.15, 0.2) is 70.5 Å². The number of rotatable bonds is 7. The summed E-state index contributed by atoms with van der Waals surface area (Å²) in [6.45, 7) is 11.1. The van der Waals surface area contributed by atoms with Gasteiger partial charge in [0.1, 0.15) is 22.4 Å². The number of carboxylic acids is 1. The van der Waals surface area contributed by atoms with Crippen molar-refractivity contribution in [2.75, 3.05) is 75.3 Å². The lowest BCUT2D eigenvalue weighted by Crippen LogP contribution is -2.31. The van der Waals surface area contributed by atoms with Gasteiger partial charge in [0.05, 0.1) is 39.4 Å². The average molecular weight is 863 g/mol. The van der Waals surface area contributed by atoms with Gasteiger partial charge in [0, 0.05) is 71.3 Å². The van der Waals surface area contributed by atoms with Gasteiger partial charge in [0.2, 0.25) is 22.8 Å². The molecule has 0 bridgehead atoms. The number of carbonyl (C=O) groups is 2. The second-order valence-corrected chi connectivity index (χ2v) is 18.1. The van der Waals surface area contributed by atoms with E-state index >= 15 is 0 Å². The number of H-pyrrole nitrogens is 2. The van der Waals surface area contributed by atoms with Crippen LogP contribution in [0.4, 0.5) is 11.9 Å². The number of imidazole rings is 2. The summed E-state index contributed by atoms with van der Waals surface area (Å²) in [6, 6.07) is 15.2. The standard InChI is InChI=1S/C24H24N6O3.C22H22N6O3/c31-20-16-7-25-24(29-11-14-9-28(8-13-5-6-13)10-15(14)12-29)27-21(16)30-18-4-2-1-3-17(18)26-22(30)19(20)23(32)33;1-2-31-21(30)17-18(29)14-9-24-22(27-10-12-7-23-8-13(12)11-27)26-19(14)28-16-6-4-3-5-15(16)25-20(17)28/h1-4,7,13-15,26H,5-6,8-12H2,(H,32,33);3-6,9,12-13,23,25H,2,7-8,10-11H2,1H3. The molecule has 13 rings (SSSR count). The predicted octanol–water partition coefficient (Wildman–Crippen LogP) is 3.76. The van der Waals surface area contributed by atoms with Crippen LogP contribution in [0.5, 0.6) is 0 Å². The summed E-state index contributed by atoms with van der Waals surface area (Å²) in [5.41, 5.74) is 3.44. The highest BCUT2D eigenvalue weighted by atomic mass is 16.5. The summed E-state index contributed by atoms with van der Waals surface area (Å²) in [4.78, 5) is 83.0. The van der Waals surface area contributed by atoms with E-state index in [4.69, 9.17) is 14.7 Å². The number of hydrogen-bond acceptors (Lipinski definition) is 13. The van der Waals surface area contributed by atoms with Crippen LogP contribution in [0, 0.1) is 29.6 Å². The van der Waals surface area contributed by atoms with Crippen LogP contribution in [0.1, 0.15) is 40.5 Å². The van der Waals surface area contributed by atoms with Crippen LogP contribution in [0.2, 0.25) is 0 Å². The monoisotopic (exact) mass is 862 g/mol. The van der Waals surface area contributed by atoms with E-state index in [9.17, 15) is 24.3 Å². The number of nitrogens with zero attached hydrogens (tertiary/aromatic N) is 9. The van der Waals surface area contributed by atoms with Crippen LogP contribution in [0.25, 0.3) is 55.4 Å². The van der Waals surface area contributed by atoms with Crippen LogP contribution in [-0.2, 0) is 4.74 Å². The highest BCUT2D eigenvalue weighted by molar-refractivity contribution is 6.03. The van der Waals surface area contributed by atoms with Crippen molar-refractivity contribution in [3.8, 4) is 0 Å². The van der Waals surface area contributed by atoms with Gasteiger partial charge in [-0.2, -0.15) is 9.97 Å². The van der Waals surface area contributed by atoms with E-state index in [2.05, 4.69) is 40.0 Å². The number of pyridine rings is 2. The summed E-state index contributed by atoms with van der Waals surface area (Å²) >= 11 is 0. The molecule has 5 aliphatic rings. The second kappa shape index (κ2) is 14.8. The Balaban J connectivity index is 0.000000136. The predicted molar refractivity (Wildman–Crippen MR) is 241 cm³/mol. The zero-order chi connectivity index (χ0) is 43.4. The molecule has 4 atom stereocenters. The Labute approximate surface area is 363 Å². The number of hydrogen-bond donors (Lipinski definition) is 4. The van der Waals surface area contributed by atoms with Gasteiger partial charge < -0.3 is 39.8 Å². The van der Waals surface area contributed by atoms with Crippen molar-refractivity contribution in [2.45, 2.75) is 19.8 Å². The first-order valence-corrected chi connectivity index (χ1v) is 22.2. The van der Waals surface area contributed by atoms with Crippen molar-refractivity contribution < 1.29 is 19.4 Å². The summed E-state index contributed by atoms with van der Waals surface area (Å²) in [6.07, 6.45) is 5.81. The van der Waals surface area contributed by atoms with E-state index in [0.29, 0.717) is 57.9 Å². The molecule has 4 N–H and O–H groups in total. The van der Waals surface area contributed by atoms with E-state index < -0.39 is 22.8 Å². The smallest absolute Gasteiger partial charge is 0.345 e. The molecule has 4 unspecified atom stereocenters. The van der Waals surface area contributed by atoms with E-state index in [0.717, 1.165) is 80.3 Å². The van der Waals surface area contributed by atoms with E-state index in [1.165, 1.54) is 25.6 Å². The number of ether oxygens (including phenoxy) is 1. The number of aromatic carboxylic acids is 1. The lowest BCUT2D eigenvalue weighted by molar-refractivity contribution is 0.0526. The van der Waals surface area contributed by atoms with E-state index in [1.54, 1.807) is 17.5 Å². The number of fused-ring (bicyclic) bond motifs is 12. The fraction of sp³-hybridized carbons (Fsp3) is 0.391. The van der Waals surface area contributed by atoms with Gasteiger partial charge in [-0.3, -0.25) is 18.4 Å². The van der Waals surface area contributed by atoms with Gasteiger partial charge in [0.15, 0.2) is 11.3 Å². The summed E-state index contributed by atoms with van der Waals surface area (Å²) < 4.78 is 8.76. The molecule has 5 fully saturated rings. The number of esters is 1. The molecular weight excluding hydrogens is 817 g/mol. The van der Waals surface area contributed by atoms with Crippen LogP contribution >= 0.6 is 0 Å². The third-order valence-corrected chi connectivity index (χ3v) is 14.0. The second-order valence-electron chi connectivity index (χ2n) is 18.1. The van der Waals surface area contributed by atoms with Crippen LogP contribution < -0.4 is 26.0 Å². The van der Waals surface area contributed by atoms with Gasteiger partial charge >= 0.3 is 11.9 Å². The summed E-state index contributed by atoms with van der Waals surface area (Å²) in [5, 5.41) is 13.7. The number of nitrogens with one attached hydrogen (secondary N) is 3. The number of aromatic nitrogens is 8. The first-order valence-electron chi connectivity index (χ1n) is 22.2. The Morgan fingerprint density at radius 1 is 0.703 bits per heavy atom. The van der Waals surface area contributed by atoms with Crippen LogP contribution in [0.3, 0.4) is 0 Å².